The molecule has 0 aliphatic carbocycles. The Balaban J connectivity index is 1.59. The van der Waals surface area contributed by atoms with Crippen molar-refractivity contribution in [1.82, 2.24) is 19.6 Å². The van der Waals surface area contributed by atoms with E-state index in [1.165, 1.54) is 24.3 Å². The molecular formula is C20H19N5O4S. The number of aromatic amines is 1. The molecule has 4 aromatic rings. The smallest absolute Gasteiger partial charge is 0.339 e. The topological polar surface area (TPSA) is 110 Å². The first-order valence-corrected chi connectivity index (χ1v) is 11.0. The Morgan fingerprint density at radius 1 is 1.03 bits per heavy atom. The summed E-state index contributed by atoms with van der Waals surface area (Å²) in [6.45, 7) is 3.61. The number of rotatable bonds is 4. The van der Waals surface area contributed by atoms with E-state index < -0.39 is 15.7 Å². The van der Waals surface area contributed by atoms with Crippen LogP contribution in [-0.4, -0.2) is 41.1 Å². The third kappa shape index (κ3) is 3.09. The molecular weight excluding hydrogens is 406 g/mol. The molecule has 0 spiro atoms. The van der Waals surface area contributed by atoms with Crippen molar-refractivity contribution in [2.75, 3.05) is 18.0 Å². The summed E-state index contributed by atoms with van der Waals surface area (Å²) in [5.74, 6) is 1.06. The predicted octanol–water partition coefficient (Wildman–Crippen LogP) is 2.25. The molecule has 9 nitrogen and oxygen atoms in total. The highest BCUT2D eigenvalue weighted by atomic mass is 32.2. The Morgan fingerprint density at radius 3 is 2.50 bits per heavy atom. The van der Waals surface area contributed by atoms with Crippen molar-refractivity contribution in [1.29, 1.82) is 0 Å². The molecule has 1 N–H and O–H groups in total. The lowest BCUT2D eigenvalue weighted by molar-refractivity contribution is 0.486. The highest BCUT2D eigenvalue weighted by Crippen LogP contribution is 2.26. The number of nitrogens with one attached hydrogen (secondary N) is 1. The minimum absolute atomic E-state index is 0.0488. The van der Waals surface area contributed by atoms with Crippen LogP contribution >= 0.6 is 0 Å². The second-order valence-corrected chi connectivity index (χ2v) is 8.88. The van der Waals surface area contributed by atoms with Crippen molar-refractivity contribution in [3.8, 4) is 5.75 Å². The molecule has 154 valence electrons. The van der Waals surface area contributed by atoms with Crippen molar-refractivity contribution in [3.63, 3.8) is 0 Å². The fourth-order valence-electron chi connectivity index (χ4n) is 3.69. The molecule has 30 heavy (non-hydrogen) atoms. The standard InChI is InChI=1S/C20H19N5O4S/c1-13-4-7-15(8-5-13)30(27,28)29-14-6-9-17-16(12-14)18(26)21-19-22-23-20(25(17)19)24-10-2-3-11-24/h4-9,12H,2-3,10-11H2,1H3,(H,21,22,26). The predicted molar refractivity (Wildman–Crippen MR) is 112 cm³/mol. The number of hydrogen-bond acceptors (Lipinski definition) is 7. The van der Waals surface area contributed by atoms with Gasteiger partial charge in [0.25, 0.3) is 5.56 Å². The summed E-state index contributed by atoms with van der Waals surface area (Å²) in [6, 6.07) is 11.0. The molecule has 2 aromatic heterocycles. The molecule has 10 heteroatoms. The van der Waals surface area contributed by atoms with E-state index in [-0.39, 0.29) is 10.6 Å². The largest absolute Gasteiger partial charge is 0.379 e. The molecule has 0 unspecified atom stereocenters. The Morgan fingerprint density at radius 2 is 1.77 bits per heavy atom. The van der Waals surface area contributed by atoms with Gasteiger partial charge in [0.15, 0.2) is 0 Å². The zero-order valence-corrected chi connectivity index (χ0v) is 17.0. The summed E-state index contributed by atoms with van der Waals surface area (Å²) in [7, 11) is -4.02. The van der Waals surface area contributed by atoms with Gasteiger partial charge in [-0.05, 0) is 50.1 Å². The highest BCUT2D eigenvalue weighted by molar-refractivity contribution is 7.87. The summed E-state index contributed by atoms with van der Waals surface area (Å²) in [5.41, 5.74) is 1.13. The van der Waals surface area contributed by atoms with E-state index in [1.54, 1.807) is 22.6 Å². The van der Waals surface area contributed by atoms with Crippen LogP contribution in [0.5, 0.6) is 5.75 Å². The van der Waals surface area contributed by atoms with Gasteiger partial charge in [0.2, 0.25) is 11.7 Å². The summed E-state index contributed by atoms with van der Waals surface area (Å²) in [5, 5.41) is 8.62. The molecule has 3 heterocycles. The Labute approximate surface area is 172 Å². The normalized spacial score (nSPS) is 14.6. The number of fused-ring (bicyclic) bond motifs is 3. The van der Waals surface area contributed by atoms with Gasteiger partial charge >= 0.3 is 10.1 Å². The minimum atomic E-state index is -4.02. The Hall–Kier alpha value is -3.40. The van der Waals surface area contributed by atoms with Crippen molar-refractivity contribution in [2.24, 2.45) is 0 Å². The van der Waals surface area contributed by atoms with Gasteiger partial charge < -0.3 is 9.08 Å². The second kappa shape index (κ2) is 6.84. The zero-order chi connectivity index (χ0) is 20.9. The second-order valence-electron chi connectivity index (χ2n) is 7.34. The minimum Gasteiger partial charge on any atom is -0.379 e. The van der Waals surface area contributed by atoms with E-state index in [4.69, 9.17) is 4.18 Å². The van der Waals surface area contributed by atoms with E-state index in [2.05, 4.69) is 20.1 Å². The van der Waals surface area contributed by atoms with Crippen molar-refractivity contribution in [2.45, 2.75) is 24.7 Å². The third-order valence-electron chi connectivity index (χ3n) is 5.23. The van der Waals surface area contributed by atoms with Crippen LogP contribution < -0.4 is 14.6 Å². The third-order valence-corrected chi connectivity index (χ3v) is 6.49. The van der Waals surface area contributed by atoms with Gasteiger partial charge in [0.1, 0.15) is 10.6 Å². The van der Waals surface area contributed by atoms with Crippen LogP contribution in [-0.2, 0) is 10.1 Å². The summed E-state index contributed by atoms with van der Waals surface area (Å²) in [4.78, 5) is 17.5. The molecule has 1 saturated heterocycles. The van der Waals surface area contributed by atoms with Crippen LogP contribution in [0.4, 0.5) is 5.95 Å². The Kier molecular flexibility index (Phi) is 4.24. The SMILES string of the molecule is Cc1ccc(S(=O)(=O)Oc2ccc3c(c2)c(=O)[nH]c2nnc(N4CCCC4)n23)cc1. The van der Waals surface area contributed by atoms with E-state index in [9.17, 15) is 13.2 Å². The fraction of sp³-hybridized carbons (Fsp3) is 0.250. The number of aromatic nitrogens is 4. The van der Waals surface area contributed by atoms with Crippen LogP contribution in [0.15, 0.2) is 52.2 Å². The quantitative estimate of drug-likeness (QED) is 0.499. The van der Waals surface area contributed by atoms with Gasteiger partial charge in [-0.15, -0.1) is 10.2 Å². The maximum Gasteiger partial charge on any atom is 0.339 e. The molecule has 0 saturated carbocycles. The van der Waals surface area contributed by atoms with Crippen molar-refractivity contribution in [3.05, 3.63) is 58.4 Å². The molecule has 2 aromatic carbocycles. The van der Waals surface area contributed by atoms with Crippen molar-refractivity contribution >= 4 is 32.7 Å². The maximum absolute atomic E-state index is 12.6. The Bertz CT molecular complexity index is 1420. The van der Waals surface area contributed by atoms with Crippen LogP contribution in [0.2, 0.25) is 0 Å². The maximum atomic E-state index is 12.6. The summed E-state index contributed by atoms with van der Waals surface area (Å²) >= 11 is 0. The van der Waals surface area contributed by atoms with Crippen LogP contribution in [0, 0.1) is 6.92 Å². The van der Waals surface area contributed by atoms with Gasteiger partial charge in [-0.3, -0.25) is 9.78 Å². The van der Waals surface area contributed by atoms with Gasteiger partial charge in [0.05, 0.1) is 10.9 Å². The molecule has 0 bridgehead atoms. The number of anilines is 1. The fourth-order valence-corrected chi connectivity index (χ4v) is 4.62. The van der Waals surface area contributed by atoms with Gasteiger partial charge in [-0.2, -0.15) is 8.42 Å². The first-order valence-electron chi connectivity index (χ1n) is 9.60. The molecule has 1 aliphatic heterocycles. The van der Waals surface area contributed by atoms with Gasteiger partial charge in [-0.25, -0.2) is 4.40 Å². The van der Waals surface area contributed by atoms with Crippen molar-refractivity contribution < 1.29 is 12.6 Å². The number of nitrogens with zero attached hydrogens (tertiary/aromatic N) is 4. The average Bonchev–Trinajstić information content (AvgIpc) is 3.38. The molecule has 0 atom stereocenters. The first-order chi connectivity index (χ1) is 14.4. The van der Waals surface area contributed by atoms with E-state index in [0.29, 0.717) is 22.6 Å². The number of aryl methyl sites for hydroxylation is 1. The summed E-state index contributed by atoms with van der Waals surface area (Å²) < 4.78 is 32.2. The van der Waals surface area contributed by atoms with E-state index >= 15 is 0 Å². The first kappa shape index (κ1) is 18.6. The summed E-state index contributed by atoms with van der Waals surface area (Å²) in [6.07, 6.45) is 2.15. The molecule has 1 fully saturated rings. The zero-order valence-electron chi connectivity index (χ0n) is 16.2. The van der Waals surface area contributed by atoms with E-state index in [0.717, 1.165) is 31.5 Å². The average molecular weight is 425 g/mol. The molecule has 0 radical (unpaired) electrons. The lowest BCUT2D eigenvalue weighted by Gasteiger charge is -2.15. The number of hydrogen-bond donors (Lipinski definition) is 1. The van der Waals surface area contributed by atoms with Crippen LogP contribution in [0.1, 0.15) is 18.4 Å². The monoisotopic (exact) mass is 425 g/mol. The number of H-pyrrole nitrogens is 1. The lowest BCUT2D eigenvalue weighted by Crippen LogP contribution is -2.21. The molecule has 0 amide bonds. The number of benzene rings is 2. The van der Waals surface area contributed by atoms with E-state index in [1.807, 2.05) is 6.92 Å². The lowest BCUT2D eigenvalue weighted by atomic mass is 10.2. The van der Waals surface area contributed by atoms with Crippen LogP contribution in [0.3, 0.4) is 0 Å². The van der Waals surface area contributed by atoms with Crippen LogP contribution in [0.25, 0.3) is 16.7 Å². The van der Waals surface area contributed by atoms with Gasteiger partial charge in [0, 0.05) is 13.1 Å². The van der Waals surface area contributed by atoms with Gasteiger partial charge in [-0.1, -0.05) is 17.7 Å². The molecule has 1 aliphatic rings. The highest BCUT2D eigenvalue weighted by Gasteiger charge is 2.21. The molecule has 5 rings (SSSR count).